The predicted molar refractivity (Wildman–Crippen MR) is 112 cm³/mol. The summed E-state index contributed by atoms with van der Waals surface area (Å²) >= 11 is 0. The molecule has 5 nitrogen and oxygen atoms in total. The molecule has 0 aliphatic rings. The summed E-state index contributed by atoms with van der Waals surface area (Å²) in [5.74, 6) is 0.439. The van der Waals surface area contributed by atoms with Gasteiger partial charge in [0.1, 0.15) is 12.3 Å². The van der Waals surface area contributed by atoms with Crippen molar-refractivity contribution in [1.29, 1.82) is 0 Å². The van der Waals surface area contributed by atoms with E-state index in [-0.39, 0.29) is 24.4 Å². The normalized spacial score (nSPS) is 10.7. The number of hydrogen-bond donors (Lipinski definition) is 0. The molecular weight excluding hydrogens is 364 g/mol. The van der Waals surface area contributed by atoms with Gasteiger partial charge in [-0.05, 0) is 43.7 Å². The second-order valence-electron chi connectivity index (χ2n) is 7.21. The van der Waals surface area contributed by atoms with Crippen molar-refractivity contribution in [2.45, 2.75) is 33.0 Å². The Kier molecular flexibility index (Phi) is 6.85. The van der Waals surface area contributed by atoms with Crippen LogP contribution in [0.15, 0.2) is 83.5 Å². The van der Waals surface area contributed by atoms with Crippen molar-refractivity contribution < 1.29 is 14.0 Å². The molecule has 1 aromatic heterocycles. The molecule has 0 fully saturated rings. The van der Waals surface area contributed by atoms with Crippen molar-refractivity contribution >= 4 is 11.8 Å². The Morgan fingerprint density at radius 1 is 0.862 bits per heavy atom. The Bertz CT molecular complexity index is 906. The van der Waals surface area contributed by atoms with E-state index in [4.69, 9.17) is 4.42 Å². The van der Waals surface area contributed by atoms with Crippen LogP contribution in [-0.2, 0) is 17.9 Å². The molecule has 0 unspecified atom stereocenters. The molecule has 150 valence electrons. The van der Waals surface area contributed by atoms with Gasteiger partial charge in [0.05, 0.1) is 12.8 Å². The summed E-state index contributed by atoms with van der Waals surface area (Å²) < 4.78 is 5.45. The molecule has 2 amide bonds. The number of rotatable bonds is 8. The van der Waals surface area contributed by atoms with Gasteiger partial charge in [-0.1, -0.05) is 48.5 Å². The van der Waals surface area contributed by atoms with E-state index in [2.05, 4.69) is 0 Å². The number of carbonyl (C=O) groups is 2. The third-order valence-electron chi connectivity index (χ3n) is 4.71. The van der Waals surface area contributed by atoms with Gasteiger partial charge in [-0.15, -0.1) is 0 Å². The van der Waals surface area contributed by atoms with Crippen LogP contribution >= 0.6 is 0 Å². The number of carbonyl (C=O) groups excluding carboxylic acids is 2. The molecule has 0 saturated carbocycles. The van der Waals surface area contributed by atoms with Gasteiger partial charge in [-0.3, -0.25) is 9.59 Å². The lowest BCUT2D eigenvalue weighted by molar-refractivity contribution is -0.133. The van der Waals surface area contributed by atoms with Crippen molar-refractivity contribution in [2.24, 2.45) is 0 Å². The molecule has 5 heteroatoms. The lowest BCUT2D eigenvalue weighted by atomic mass is 10.1. The standard InChI is InChI=1S/C24H26N2O3/c1-19(2)26(24(28)21-12-7-4-8-13-21)18-23(27)25(17-22-14-9-15-29-22)16-20-10-5-3-6-11-20/h3-15,19H,16-18H2,1-2H3. The minimum absolute atomic E-state index is 0.0128. The Morgan fingerprint density at radius 3 is 2.10 bits per heavy atom. The predicted octanol–water partition coefficient (Wildman–Crippen LogP) is 4.36. The highest BCUT2D eigenvalue weighted by Crippen LogP contribution is 2.14. The lowest BCUT2D eigenvalue weighted by Crippen LogP contribution is -2.45. The van der Waals surface area contributed by atoms with E-state index >= 15 is 0 Å². The molecule has 0 spiro atoms. The molecule has 3 aromatic rings. The van der Waals surface area contributed by atoms with Crippen LogP contribution in [0.2, 0.25) is 0 Å². The van der Waals surface area contributed by atoms with Crippen LogP contribution in [0.25, 0.3) is 0 Å². The van der Waals surface area contributed by atoms with Gasteiger partial charge in [0, 0.05) is 18.2 Å². The number of furan rings is 1. The van der Waals surface area contributed by atoms with Gasteiger partial charge in [0.15, 0.2) is 0 Å². The van der Waals surface area contributed by atoms with Crippen LogP contribution in [0.3, 0.4) is 0 Å². The highest BCUT2D eigenvalue weighted by molar-refractivity contribution is 5.96. The zero-order valence-corrected chi connectivity index (χ0v) is 16.8. The number of hydrogen-bond acceptors (Lipinski definition) is 3. The summed E-state index contributed by atoms with van der Waals surface area (Å²) in [6, 6.07) is 22.4. The average Bonchev–Trinajstić information content (AvgIpc) is 3.25. The molecule has 2 aromatic carbocycles. The largest absolute Gasteiger partial charge is 0.467 e. The Balaban J connectivity index is 1.78. The molecule has 1 heterocycles. The van der Waals surface area contributed by atoms with Crippen LogP contribution in [0, 0.1) is 0 Å². The van der Waals surface area contributed by atoms with Crippen molar-refractivity contribution in [3.63, 3.8) is 0 Å². The quantitative estimate of drug-likeness (QED) is 0.574. The van der Waals surface area contributed by atoms with Crippen LogP contribution in [0.5, 0.6) is 0 Å². The third kappa shape index (κ3) is 5.57. The van der Waals surface area contributed by atoms with Gasteiger partial charge in [-0.2, -0.15) is 0 Å². The molecule has 0 bridgehead atoms. The van der Waals surface area contributed by atoms with Crippen molar-refractivity contribution in [2.75, 3.05) is 6.54 Å². The molecule has 0 aliphatic heterocycles. The second-order valence-corrected chi connectivity index (χ2v) is 7.21. The van der Waals surface area contributed by atoms with E-state index in [1.165, 1.54) is 0 Å². The Hall–Kier alpha value is -3.34. The van der Waals surface area contributed by atoms with Crippen LogP contribution in [-0.4, -0.2) is 34.2 Å². The monoisotopic (exact) mass is 390 g/mol. The summed E-state index contributed by atoms with van der Waals surface area (Å²) in [5.41, 5.74) is 1.60. The van der Waals surface area contributed by atoms with E-state index in [1.807, 2.05) is 68.4 Å². The summed E-state index contributed by atoms with van der Waals surface area (Å²) in [6.07, 6.45) is 1.60. The SMILES string of the molecule is CC(C)N(CC(=O)N(Cc1ccccc1)Cc1ccco1)C(=O)c1ccccc1. The van der Waals surface area contributed by atoms with E-state index in [0.29, 0.717) is 24.4 Å². The molecular formula is C24H26N2O3. The van der Waals surface area contributed by atoms with Gasteiger partial charge < -0.3 is 14.2 Å². The zero-order chi connectivity index (χ0) is 20.6. The van der Waals surface area contributed by atoms with Crippen LogP contribution < -0.4 is 0 Å². The van der Waals surface area contributed by atoms with Crippen molar-refractivity contribution in [1.82, 2.24) is 9.80 Å². The average molecular weight is 390 g/mol. The van der Waals surface area contributed by atoms with Gasteiger partial charge >= 0.3 is 0 Å². The zero-order valence-electron chi connectivity index (χ0n) is 16.8. The maximum Gasteiger partial charge on any atom is 0.254 e. The topological polar surface area (TPSA) is 53.8 Å². The molecule has 3 rings (SSSR count). The minimum atomic E-state index is -0.147. The summed E-state index contributed by atoms with van der Waals surface area (Å²) in [5, 5.41) is 0. The van der Waals surface area contributed by atoms with Gasteiger partial charge in [-0.25, -0.2) is 0 Å². The maximum absolute atomic E-state index is 13.2. The maximum atomic E-state index is 13.2. The number of benzene rings is 2. The molecule has 0 atom stereocenters. The fourth-order valence-corrected chi connectivity index (χ4v) is 3.11. The first-order valence-electron chi connectivity index (χ1n) is 9.74. The lowest BCUT2D eigenvalue weighted by Gasteiger charge is -2.30. The first-order valence-corrected chi connectivity index (χ1v) is 9.74. The van der Waals surface area contributed by atoms with E-state index in [1.54, 1.807) is 34.3 Å². The fourth-order valence-electron chi connectivity index (χ4n) is 3.11. The summed E-state index contributed by atoms with van der Waals surface area (Å²) in [7, 11) is 0. The molecule has 0 radical (unpaired) electrons. The molecule has 0 N–H and O–H groups in total. The Labute approximate surface area is 171 Å². The fraction of sp³-hybridized carbons (Fsp3) is 0.250. The van der Waals surface area contributed by atoms with Gasteiger partial charge in [0.25, 0.3) is 5.91 Å². The summed E-state index contributed by atoms with van der Waals surface area (Å²) in [6.45, 7) is 4.65. The molecule has 0 saturated heterocycles. The van der Waals surface area contributed by atoms with E-state index in [9.17, 15) is 9.59 Å². The first-order chi connectivity index (χ1) is 14.0. The number of amides is 2. The van der Waals surface area contributed by atoms with Crippen LogP contribution in [0.4, 0.5) is 0 Å². The number of nitrogens with zero attached hydrogens (tertiary/aromatic N) is 2. The van der Waals surface area contributed by atoms with Gasteiger partial charge in [0.2, 0.25) is 5.91 Å². The highest BCUT2D eigenvalue weighted by atomic mass is 16.3. The van der Waals surface area contributed by atoms with Crippen molar-refractivity contribution in [3.05, 3.63) is 95.9 Å². The minimum Gasteiger partial charge on any atom is -0.467 e. The third-order valence-corrected chi connectivity index (χ3v) is 4.71. The van der Waals surface area contributed by atoms with Crippen LogP contribution in [0.1, 0.15) is 35.5 Å². The second kappa shape index (κ2) is 9.73. The highest BCUT2D eigenvalue weighted by Gasteiger charge is 2.25. The molecule has 29 heavy (non-hydrogen) atoms. The summed E-state index contributed by atoms with van der Waals surface area (Å²) in [4.78, 5) is 29.5. The van der Waals surface area contributed by atoms with E-state index in [0.717, 1.165) is 5.56 Å². The van der Waals surface area contributed by atoms with E-state index < -0.39 is 0 Å². The Morgan fingerprint density at radius 2 is 1.52 bits per heavy atom. The molecule has 0 aliphatic carbocycles. The smallest absolute Gasteiger partial charge is 0.254 e. The first kappa shape index (κ1) is 20.4. The van der Waals surface area contributed by atoms with Crippen molar-refractivity contribution in [3.8, 4) is 0 Å².